The Morgan fingerprint density at radius 3 is 1.29 bits per heavy atom. The summed E-state index contributed by atoms with van der Waals surface area (Å²) in [6.07, 6.45) is -5.02. The van der Waals surface area contributed by atoms with E-state index < -0.39 is 150 Å². The highest BCUT2D eigenvalue weighted by atomic mass is 31.2. The summed E-state index contributed by atoms with van der Waals surface area (Å²) in [5, 5.41) is 116. The lowest BCUT2D eigenvalue weighted by Crippen LogP contribution is -2.69. The lowest BCUT2D eigenvalue weighted by atomic mass is 9.84. The van der Waals surface area contributed by atoms with Gasteiger partial charge in [-0.2, -0.15) is 0 Å². The number of unbranched alkanes of at least 4 members (excludes halogenated alkanes) is 21. The number of esters is 2. The third-order valence-electron chi connectivity index (χ3n) is 14.3. The maximum Gasteiger partial charge on any atom is 0.472 e. The van der Waals surface area contributed by atoms with Crippen LogP contribution in [0.15, 0.2) is 12.2 Å². The molecule has 0 spiro atoms. The largest absolute Gasteiger partial charge is 0.472 e. The van der Waals surface area contributed by atoms with Crippen LogP contribution in [0.2, 0.25) is 0 Å². The van der Waals surface area contributed by atoms with Crippen LogP contribution < -0.4 is 0 Å². The topological polar surface area (TPSA) is 368 Å². The van der Waals surface area contributed by atoms with Gasteiger partial charge in [0, 0.05) is 12.8 Å². The second kappa shape index (κ2) is 38.8. The minimum absolute atomic E-state index is 0.0307. The number of aliphatic hydroxyl groups excluding tert-OH is 11. The Morgan fingerprint density at radius 2 is 0.857 bits per heavy atom. The number of carbonyl (C=O) groups is 2. The molecule has 0 radical (unpaired) electrons. The number of phosphoric acid groups is 1. The van der Waals surface area contributed by atoms with Gasteiger partial charge in [0.25, 0.3) is 0 Å². The normalized spacial score (nSPS) is 32.0. The van der Waals surface area contributed by atoms with Gasteiger partial charge in [-0.3, -0.25) is 18.6 Å². The Hall–Kier alpha value is -1.81. The van der Waals surface area contributed by atoms with E-state index in [1.54, 1.807) is 0 Å². The summed E-state index contributed by atoms with van der Waals surface area (Å²) in [6.45, 7) is 0.971. The molecule has 3 fully saturated rings. The van der Waals surface area contributed by atoms with Crippen molar-refractivity contribution in [3.63, 3.8) is 0 Å². The Kier molecular flexibility index (Phi) is 35.0. The second-order valence-corrected chi connectivity index (χ2v) is 22.2. The van der Waals surface area contributed by atoms with Crippen LogP contribution in [0.1, 0.15) is 181 Å². The molecule has 16 unspecified atom stereocenters. The molecule has 2 heterocycles. The van der Waals surface area contributed by atoms with E-state index >= 15 is 0 Å². The highest BCUT2D eigenvalue weighted by Gasteiger charge is 2.58. The van der Waals surface area contributed by atoms with Crippen molar-refractivity contribution in [3.8, 4) is 0 Å². The van der Waals surface area contributed by atoms with E-state index in [0.717, 1.165) is 64.2 Å². The summed E-state index contributed by atoms with van der Waals surface area (Å²) in [4.78, 5) is 37.4. The molecule has 0 aromatic heterocycles. The van der Waals surface area contributed by atoms with Crippen LogP contribution >= 0.6 is 7.82 Å². The summed E-state index contributed by atoms with van der Waals surface area (Å²) in [5.41, 5.74) is 0. The molecule has 77 heavy (non-hydrogen) atoms. The van der Waals surface area contributed by atoms with E-state index in [1.807, 2.05) is 0 Å². The Labute approximate surface area is 454 Å². The minimum Gasteiger partial charge on any atom is -0.462 e. The summed E-state index contributed by atoms with van der Waals surface area (Å²) in [6, 6.07) is 0. The van der Waals surface area contributed by atoms with E-state index in [1.165, 1.54) is 77.0 Å². The van der Waals surface area contributed by atoms with Crippen molar-refractivity contribution in [2.24, 2.45) is 0 Å². The van der Waals surface area contributed by atoms with Crippen LogP contribution in [0.5, 0.6) is 0 Å². The average molecular weight is 1130 g/mol. The molecule has 24 heteroatoms. The average Bonchev–Trinajstić information content (AvgIpc) is 3.43. The zero-order valence-corrected chi connectivity index (χ0v) is 46.4. The van der Waals surface area contributed by atoms with E-state index in [-0.39, 0.29) is 12.8 Å². The molecule has 23 nitrogen and oxygen atoms in total. The SMILES string of the molecule is CCCCCCCCC=CCCCCCC(=O)OCC(COP(=O)(O)OC1C(OC2OC(CO)C(O)C(O)C2O)C(O)C(O)C(O)C1OC1OC(CO)C(O)C(O)C1O)OC(=O)CCCCCCCCCCCCCCC. The molecule has 2 saturated heterocycles. The fraction of sp³-hybridized carbons (Fsp3) is 0.925. The first-order valence-electron chi connectivity index (χ1n) is 28.5. The minimum atomic E-state index is -5.63. The predicted molar refractivity (Wildman–Crippen MR) is 277 cm³/mol. The molecule has 3 rings (SSSR count). The fourth-order valence-electron chi connectivity index (χ4n) is 9.53. The van der Waals surface area contributed by atoms with Crippen molar-refractivity contribution in [3.05, 3.63) is 12.2 Å². The number of allylic oxidation sites excluding steroid dienone is 2. The zero-order valence-electron chi connectivity index (χ0n) is 45.5. The highest BCUT2D eigenvalue weighted by molar-refractivity contribution is 7.47. The van der Waals surface area contributed by atoms with Crippen LogP contribution in [0.3, 0.4) is 0 Å². The van der Waals surface area contributed by atoms with Gasteiger partial charge in [-0.25, -0.2) is 4.57 Å². The number of phosphoric ester groups is 1. The van der Waals surface area contributed by atoms with Gasteiger partial charge in [0.1, 0.15) is 92.1 Å². The summed E-state index contributed by atoms with van der Waals surface area (Å²) in [7, 11) is -5.63. The quantitative estimate of drug-likeness (QED) is 0.0181. The molecule has 1 aliphatic carbocycles. The number of rotatable bonds is 41. The van der Waals surface area contributed by atoms with Gasteiger partial charge < -0.3 is 89.5 Å². The van der Waals surface area contributed by atoms with Gasteiger partial charge >= 0.3 is 19.8 Å². The fourth-order valence-corrected chi connectivity index (χ4v) is 10.5. The zero-order chi connectivity index (χ0) is 56.8. The van der Waals surface area contributed by atoms with Gasteiger partial charge in [0.05, 0.1) is 19.8 Å². The molecule has 0 aromatic carbocycles. The number of carbonyl (C=O) groups excluding carboxylic acids is 2. The van der Waals surface area contributed by atoms with Crippen molar-refractivity contribution < 1.29 is 113 Å². The Morgan fingerprint density at radius 1 is 0.481 bits per heavy atom. The summed E-state index contributed by atoms with van der Waals surface area (Å²) in [5.74, 6) is -1.35. The third kappa shape index (κ3) is 25.1. The predicted octanol–water partition coefficient (Wildman–Crippen LogP) is 3.15. The van der Waals surface area contributed by atoms with Crippen LogP contribution in [0, 0.1) is 0 Å². The van der Waals surface area contributed by atoms with Crippen molar-refractivity contribution >= 4 is 19.8 Å². The van der Waals surface area contributed by atoms with Crippen molar-refractivity contribution in [1.29, 1.82) is 0 Å². The summed E-state index contributed by atoms with van der Waals surface area (Å²) < 4.78 is 58.0. The molecule has 1 saturated carbocycles. The molecule has 452 valence electrons. The highest BCUT2D eigenvalue weighted by Crippen LogP contribution is 2.49. The molecule has 12 N–H and O–H groups in total. The number of hydrogen-bond donors (Lipinski definition) is 12. The van der Waals surface area contributed by atoms with Crippen molar-refractivity contribution in [1.82, 2.24) is 0 Å². The van der Waals surface area contributed by atoms with Crippen LogP contribution in [0.4, 0.5) is 0 Å². The summed E-state index contributed by atoms with van der Waals surface area (Å²) >= 11 is 0. The molecular formula is C53H97O23P. The van der Waals surface area contributed by atoms with Gasteiger partial charge in [-0.15, -0.1) is 0 Å². The monoisotopic (exact) mass is 1130 g/mol. The number of ether oxygens (including phenoxy) is 6. The molecule has 0 bridgehead atoms. The maximum atomic E-state index is 14.0. The number of aliphatic hydroxyl groups is 11. The Balaban J connectivity index is 1.73. The first-order chi connectivity index (χ1) is 36.9. The van der Waals surface area contributed by atoms with Gasteiger partial charge in [0.2, 0.25) is 0 Å². The molecule has 3 aliphatic rings. The molecule has 2 aliphatic heterocycles. The molecule has 0 aromatic rings. The lowest BCUT2D eigenvalue weighted by molar-refractivity contribution is -0.360. The lowest BCUT2D eigenvalue weighted by Gasteiger charge is -2.49. The van der Waals surface area contributed by atoms with E-state index in [4.69, 9.17) is 37.5 Å². The van der Waals surface area contributed by atoms with Gasteiger partial charge in [-0.1, -0.05) is 142 Å². The van der Waals surface area contributed by atoms with Crippen molar-refractivity contribution in [2.75, 3.05) is 26.4 Å². The van der Waals surface area contributed by atoms with E-state index in [9.17, 15) is 75.2 Å². The third-order valence-corrected chi connectivity index (χ3v) is 15.3. The van der Waals surface area contributed by atoms with Gasteiger partial charge in [0.15, 0.2) is 18.7 Å². The van der Waals surface area contributed by atoms with Crippen LogP contribution in [-0.4, -0.2) is 204 Å². The first-order valence-corrected chi connectivity index (χ1v) is 30.0. The smallest absolute Gasteiger partial charge is 0.462 e. The van der Waals surface area contributed by atoms with Crippen LogP contribution in [0.25, 0.3) is 0 Å². The molecule has 16 atom stereocenters. The van der Waals surface area contributed by atoms with Crippen molar-refractivity contribution in [2.45, 2.75) is 285 Å². The van der Waals surface area contributed by atoms with E-state index in [0.29, 0.717) is 12.8 Å². The van der Waals surface area contributed by atoms with Gasteiger partial charge in [-0.05, 0) is 38.5 Å². The maximum absolute atomic E-state index is 14.0. The molecular weight excluding hydrogens is 1040 g/mol. The molecule has 0 amide bonds. The second-order valence-electron chi connectivity index (χ2n) is 20.8. The Bertz CT molecular complexity index is 1590. The number of hydrogen-bond acceptors (Lipinski definition) is 22. The van der Waals surface area contributed by atoms with E-state index in [2.05, 4.69) is 26.0 Å². The first kappa shape index (κ1) is 69.5. The standard InChI is InChI=1S/C53H97O23P/c1-3-5-7-9-11-13-15-17-19-21-23-25-27-29-38(56)69-33-35(71-39(57)30-28-26-24-22-20-18-16-14-12-10-8-6-4-2)34-70-77(67,68)76-51-49(74-52-47(65)42(60)40(58)36(31-54)72-52)45(63)44(62)46(64)50(51)75-53-48(66)43(61)41(59)37(32-55)73-53/h17,19,35-37,40-55,58-66H,3-16,18,20-34H2,1-2H3,(H,67,68). The van der Waals surface area contributed by atoms with Crippen LogP contribution in [-0.2, 0) is 51.6 Å².